The van der Waals surface area contributed by atoms with Crippen LogP contribution in [0, 0.1) is 0 Å². The number of amides is 3. The molecule has 1 saturated heterocycles. The summed E-state index contributed by atoms with van der Waals surface area (Å²) in [5.41, 5.74) is 2.79. The second-order valence-corrected chi connectivity index (χ2v) is 7.25. The van der Waals surface area contributed by atoms with E-state index in [2.05, 4.69) is 0 Å². The third-order valence-corrected chi connectivity index (χ3v) is 5.55. The summed E-state index contributed by atoms with van der Waals surface area (Å²) in [5, 5.41) is 0. The van der Waals surface area contributed by atoms with Gasteiger partial charge in [0.05, 0.1) is 23.2 Å². The number of benzene rings is 3. The van der Waals surface area contributed by atoms with Gasteiger partial charge in [-0.2, -0.15) is 0 Å². The highest BCUT2D eigenvalue weighted by Crippen LogP contribution is 2.54. The van der Waals surface area contributed by atoms with Crippen LogP contribution in [0.2, 0.25) is 0 Å². The Bertz CT molecular complexity index is 1030. The first-order valence-electron chi connectivity index (χ1n) is 9.53. The number of nitrogens with zero attached hydrogens (tertiary/aromatic N) is 2. The first kappa shape index (κ1) is 17.4. The minimum absolute atomic E-state index is 0.0960. The van der Waals surface area contributed by atoms with Crippen LogP contribution in [-0.4, -0.2) is 34.1 Å². The Balaban J connectivity index is 1.41. The average molecular weight is 382 g/mol. The molecule has 2 aliphatic heterocycles. The molecule has 3 aromatic rings. The number of rotatable bonds is 4. The summed E-state index contributed by atoms with van der Waals surface area (Å²) in [7, 11) is 0. The summed E-state index contributed by atoms with van der Waals surface area (Å²) in [5.74, 6) is -1.05. The number of carbonyl (C=O) groups is 3. The van der Waals surface area contributed by atoms with E-state index >= 15 is 0 Å². The first-order chi connectivity index (χ1) is 14.2. The molecule has 5 rings (SSSR count). The van der Waals surface area contributed by atoms with Crippen molar-refractivity contribution in [1.82, 2.24) is 9.80 Å². The SMILES string of the molecule is O=C1c2ccccc2C(=O)N1CC(=O)N1[C@@H](c2ccccc2)[C@@H]1c1ccccc1. The van der Waals surface area contributed by atoms with Crippen molar-refractivity contribution >= 4 is 17.7 Å². The third kappa shape index (κ3) is 2.83. The van der Waals surface area contributed by atoms with Crippen molar-refractivity contribution in [3.8, 4) is 0 Å². The van der Waals surface area contributed by atoms with E-state index in [0.717, 1.165) is 16.0 Å². The largest absolute Gasteiger partial charge is 0.322 e. The summed E-state index contributed by atoms with van der Waals surface area (Å²) >= 11 is 0. The molecule has 0 aromatic heterocycles. The van der Waals surface area contributed by atoms with Gasteiger partial charge in [0.15, 0.2) is 0 Å². The van der Waals surface area contributed by atoms with Crippen molar-refractivity contribution in [3.63, 3.8) is 0 Å². The van der Waals surface area contributed by atoms with Gasteiger partial charge in [-0.3, -0.25) is 19.3 Å². The van der Waals surface area contributed by atoms with Gasteiger partial charge in [0.25, 0.3) is 11.8 Å². The molecule has 0 aliphatic carbocycles. The van der Waals surface area contributed by atoms with Crippen LogP contribution in [0.15, 0.2) is 84.9 Å². The predicted octanol–water partition coefficient (Wildman–Crippen LogP) is 3.61. The molecule has 0 spiro atoms. The molecule has 0 bridgehead atoms. The summed E-state index contributed by atoms with van der Waals surface area (Å²) in [6, 6.07) is 26.1. The Morgan fingerprint density at radius 2 is 1.07 bits per heavy atom. The Morgan fingerprint density at radius 1 is 0.655 bits per heavy atom. The molecule has 2 atom stereocenters. The van der Waals surface area contributed by atoms with Gasteiger partial charge < -0.3 is 4.90 Å². The van der Waals surface area contributed by atoms with Crippen molar-refractivity contribution in [1.29, 1.82) is 0 Å². The van der Waals surface area contributed by atoms with E-state index in [0.29, 0.717) is 11.1 Å². The van der Waals surface area contributed by atoms with Crippen LogP contribution >= 0.6 is 0 Å². The van der Waals surface area contributed by atoms with Crippen molar-refractivity contribution in [2.75, 3.05) is 6.54 Å². The molecule has 1 fully saturated rings. The van der Waals surface area contributed by atoms with E-state index in [1.165, 1.54) is 0 Å². The van der Waals surface area contributed by atoms with Gasteiger partial charge in [0, 0.05) is 0 Å². The maximum Gasteiger partial charge on any atom is 0.262 e. The normalized spacial score (nSPS) is 20.0. The highest BCUT2D eigenvalue weighted by atomic mass is 16.2. The maximum absolute atomic E-state index is 13.2. The lowest BCUT2D eigenvalue weighted by molar-refractivity contribution is -0.127. The fourth-order valence-electron chi connectivity index (χ4n) is 4.13. The monoisotopic (exact) mass is 382 g/mol. The van der Waals surface area contributed by atoms with Gasteiger partial charge in [-0.25, -0.2) is 0 Å². The molecule has 0 radical (unpaired) electrons. The second kappa shape index (κ2) is 6.71. The van der Waals surface area contributed by atoms with E-state index in [4.69, 9.17) is 0 Å². The molecule has 142 valence electrons. The van der Waals surface area contributed by atoms with Crippen LogP contribution < -0.4 is 0 Å². The van der Waals surface area contributed by atoms with Crippen molar-refractivity contribution < 1.29 is 14.4 Å². The fourth-order valence-corrected chi connectivity index (χ4v) is 4.13. The van der Waals surface area contributed by atoms with Crippen LogP contribution in [0.4, 0.5) is 0 Å². The van der Waals surface area contributed by atoms with Crippen LogP contribution in [0.3, 0.4) is 0 Å². The summed E-state index contributed by atoms with van der Waals surface area (Å²) < 4.78 is 0. The zero-order valence-corrected chi connectivity index (χ0v) is 15.6. The van der Waals surface area contributed by atoms with E-state index in [9.17, 15) is 14.4 Å². The molecule has 29 heavy (non-hydrogen) atoms. The third-order valence-electron chi connectivity index (χ3n) is 5.55. The van der Waals surface area contributed by atoms with Crippen molar-refractivity contribution in [3.05, 3.63) is 107 Å². The van der Waals surface area contributed by atoms with Gasteiger partial charge in [0.1, 0.15) is 6.54 Å². The molecule has 5 nitrogen and oxygen atoms in total. The van der Waals surface area contributed by atoms with Crippen molar-refractivity contribution in [2.45, 2.75) is 12.1 Å². The van der Waals surface area contributed by atoms with Gasteiger partial charge in [-0.05, 0) is 23.3 Å². The number of fused-ring (bicyclic) bond motifs is 1. The lowest BCUT2D eigenvalue weighted by Gasteiger charge is -2.14. The minimum Gasteiger partial charge on any atom is -0.322 e. The van der Waals surface area contributed by atoms with Crippen LogP contribution in [0.25, 0.3) is 0 Å². The molecule has 2 heterocycles. The van der Waals surface area contributed by atoms with E-state index < -0.39 is 11.8 Å². The quantitative estimate of drug-likeness (QED) is 0.512. The zero-order chi connectivity index (χ0) is 20.0. The van der Waals surface area contributed by atoms with Crippen LogP contribution in [-0.2, 0) is 4.79 Å². The molecule has 5 heteroatoms. The molecule has 0 N–H and O–H groups in total. The zero-order valence-electron chi connectivity index (χ0n) is 15.6. The van der Waals surface area contributed by atoms with E-state index in [-0.39, 0.29) is 24.5 Å². The van der Waals surface area contributed by atoms with Gasteiger partial charge in [-0.15, -0.1) is 0 Å². The standard InChI is InChI=1S/C24H18N2O3/c27-20(15-25-23(28)18-13-7-8-14-19(18)24(25)29)26-21(16-9-3-1-4-10-16)22(26)17-11-5-2-6-12-17/h1-14,21-22H,15H2/t21-,22-/m0/s1. The van der Waals surface area contributed by atoms with E-state index in [1.54, 1.807) is 29.2 Å². The van der Waals surface area contributed by atoms with E-state index in [1.807, 2.05) is 60.7 Å². The number of hydrogen-bond donors (Lipinski definition) is 0. The predicted molar refractivity (Wildman–Crippen MR) is 107 cm³/mol. The molecule has 3 aromatic carbocycles. The maximum atomic E-state index is 13.2. The molecular formula is C24H18N2O3. The minimum atomic E-state index is -0.409. The molecule has 0 saturated carbocycles. The average Bonchev–Trinajstić information content (AvgIpc) is 3.48. The lowest BCUT2D eigenvalue weighted by Crippen LogP contribution is -2.37. The summed E-state index contributed by atoms with van der Waals surface area (Å²) in [4.78, 5) is 41.2. The van der Waals surface area contributed by atoms with Crippen LogP contribution in [0.1, 0.15) is 43.9 Å². The highest BCUT2D eigenvalue weighted by Gasteiger charge is 2.53. The Labute approximate surface area is 168 Å². The number of imide groups is 1. The highest BCUT2D eigenvalue weighted by molar-refractivity contribution is 6.22. The summed E-state index contributed by atoms with van der Waals surface area (Å²) in [6.45, 7) is -0.251. The summed E-state index contributed by atoms with van der Waals surface area (Å²) in [6.07, 6.45) is 0. The number of carbonyl (C=O) groups excluding carboxylic acids is 3. The Morgan fingerprint density at radius 3 is 1.52 bits per heavy atom. The molecule has 0 unspecified atom stereocenters. The van der Waals surface area contributed by atoms with Gasteiger partial charge >= 0.3 is 0 Å². The Hall–Kier alpha value is -3.73. The topological polar surface area (TPSA) is 57.5 Å². The molecule has 2 aliphatic rings. The molecular weight excluding hydrogens is 364 g/mol. The van der Waals surface area contributed by atoms with Crippen LogP contribution in [0.5, 0.6) is 0 Å². The van der Waals surface area contributed by atoms with Gasteiger partial charge in [-0.1, -0.05) is 72.8 Å². The number of hydrogen-bond acceptors (Lipinski definition) is 3. The fraction of sp³-hybridized carbons (Fsp3) is 0.125. The first-order valence-corrected chi connectivity index (χ1v) is 9.53. The van der Waals surface area contributed by atoms with Crippen molar-refractivity contribution in [2.24, 2.45) is 0 Å². The lowest BCUT2D eigenvalue weighted by atomic mass is 10.0. The van der Waals surface area contributed by atoms with Gasteiger partial charge in [0.2, 0.25) is 5.91 Å². The molecule has 3 amide bonds. The Kier molecular flexibility index (Phi) is 4.02. The smallest absolute Gasteiger partial charge is 0.262 e. The second-order valence-electron chi connectivity index (χ2n) is 7.25.